The molecule has 0 unspecified atom stereocenters. The van der Waals surface area contributed by atoms with Crippen LogP contribution in [0.2, 0.25) is 0 Å². The van der Waals surface area contributed by atoms with Crippen LogP contribution in [0.4, 0.5) is 0 Å². The molecule has 0 fully saturated rings. The topological polar surface area (TPSA) is 42.0 Å². The van der Waals surface area contributed by atoms with Gasteiger partial charge in [-0.1, -0.05) is 6.07 Å². The van der Waals surface area contributed by atoms with E-state index in [1.807, 2.05) is 34.5 Å². The number of carbonyl (C=O) groups is 1. The molecule has 3 nitrogen and oxygen atoms in total. The Morgan fingerprint density at radius 1 is 1.19 bits per heavy atom. The summed E-state index contributed by atoms with van der Waals surface area (Å²) in [7, 11) is 0. The van der Waals surface area contributed by atoms with E-state index in [0.717, 1.165) is 16.7 Å². The summed E-state index contributed by atoms with van der Waals surface area (Å²) in [6.07, 6.45) is 4.08. The van der Waals surface area contributed by atoms with Gasteiger partial charge in [0.25, 0.3) is 0 Å². The SMILES string of the molecule is O=C(Cc1ccsc1)NCc1cncc(-c2cccs2)c1. The number of nitrogens with one attached hydrogen (secondary N) is 1. The lowest BCUT2D eigenvalue weighted by Gasteiger charge is -2.06. The van der Waals surface area contributed by atoms with Crippen LogP contribution in [0.25, 0.3) is 10.4 Å². The smallest absolute Gasteiger partial charge is 0.224 e. The monoisotopic (exact) mass is 314 g/mol. The number of aromatic nitrogens is 1. The van der Waals surface area contributed by atoms with Crippen LogP contribution < -0.4 is 5.32 Å². The zero-order chi connectivity index (χ0) is 14.5. The lowest BCUT2D eigenvalue weighted by atomic mass is 10.1. The molecule has 0 aliphatic rings. The Morgan fingerprint density at radius 3 is 2.90 bits per heavy atom. The molecule has 3 aromatic heterocycles. The number of carbonyl (C=O) groups excluding carboxylic acids is 1. The van der Waals surface area contributed by atoms with Crippen molar-refractivity contribution in [3.8, 4) is 10.4 Å². The summed E-state index contributed by atoms with van der Waals surface area (Å²) in [5.41, 5.74) is 3.16. The predicted octanol–water partition coefficient (Wildman–Crippen LogP) is 3.73. The Labute approximate surface area is 131 Å². The Bertz CT molecular complexity index is 706. The first-order valence-electron chi connectivity index (χ1n) is 6.57. The highest BCUT2D eigenvalue weighted by atomic mass is 32.1. The van der Waals surface area contributed by atoms with Gasteiger partial charge in [0.05, 0.1) is 6.42 Å². The number of rotatable bonds is 5. The van der Waals surface area contributed by atoms with Crippen molar-refractivity contribution in [1.82, 2.24) is 10.3 Å². The number of hydrogen-bond acceptors (Lipinski definition) is 4. The van der Waals surface area contributed by atoms with Gasteiger partial charge in [0.1, 0.15) is 0 Å². The molecule has 1 amide bonds. The molecule has 3 heterocycles. The summed E-state index contributed by atoms with van der Waals surface area (Å²) >= 11 is 3.29. The van der Waals surface area contributed by atoms with Gasteiger partial charge in [-0.25, -0.2) is 0 Å². The minimum absolute atomic E-state index is 0.0370. The van der Waals surface area contributed by atoms with E-state index in [1.54, 1.807) is 28.9 Å². The van der Waals surface area contributed by atoms with E-state index >= 15 is 0 Å². The minimum atomic E-state index is 0.0370. The Kier molecular flexibility index (Phi) is 4.43. The largest absolute Gasteiger partial charge is 0.352 e. The maximum absolute atomic E-state index is 11.9. The van der Waals surface area contributed by atoms with Crippen molar-refractivity contribution in [1.29, 1.82) is 0 Å². The van der Waals surface area contributed by atoms with Crippen molar-refractivity contribution in [3.63, 3.8) is 0 Å². The molecule has 0 saturated carbocycles. The van der Waals surface area contributed by atoms with Crippen LogP contribution in [0.1, 0.15) is 11.1 Å². The van der Waals surface area contributed by atoms with E-state index in [1.165, 1.54) is 4.88 Å². The predicted molar refractivity (Wildman–Crippen MR) is 87.4 cm³/mol. The minimum Gasteiger partial charge on any atom is -0.352 e. The van der Waals surface area contributed by atoms with E-state index in [2.05, 4.69) is 22.4 Å². The molecule has 0 spiro atoms. The molecule has 106 valence electrons. The molecular weight excluding hydrogens is 300 g/mol. The molecule has 0 aliphatic carbocycles. The fourth-order valence-corrected chi connectivity index (χ4v) is 3.38. The lowest BCUT2D eigenvalue weighted by Crippen LogP contribution is -2.24. The van der Waals surface area contributed by atoms with Gasteiger partial charge < -0.3 is 5.32 Å². The third-order valence-corrected chi connectivity index (χ3v) is 4.69. The van der Waals surface area contributed by atoms with Crippen molar-refractivity contribution in [2.75, 3.05) is 0 Å². The van der Waals surface area contributed by atoms with Crippen LogP contribution in [0.3, 0.4) is 0 Å². The average molecular weight is 314 g/mol. The number of thiophene rings is 2. The molecule has 0 bridgehead atoms. The average Bonchev–Trinajstić information content (AvgIpc) is 3.19. The first-order chi connectivity index (χ1) is 10.3. The second-order valence-electron chi connectivity index (χ2n) is 4.64. The van der Waals surface area contributed by atoms with Gasteiger partial charge in [-0.3, -0.25) is 9.78 Å². The summed E-state index contributed by atoms with van der Waals surface area (Å²) in [6, 6.07) is 8.14. The summed E-state index contributed by atoms with van der Waals surface area (Å²) in [4.78, 5) is 17.3. The maximum Gasteiger partial charge on any atom is 0.224 e. The second kappa shape index (κ2) is 6.65. The molecule has 0 aromatic carbocycles. The zero-order valence-corrected chi connectivity index (χ0v) is 12.9. The van der Waals surface area contributed by atoms with Crippen LogP contribution in [0.15, 0.2) is 52.8 Å². The van der Waals surface area contributed by atoms with E-state index in [9.17, 15) is 4.79 Å². The summed E-state index contributed by atoms with van der Waals surface area (Å²) in [6.45, 7) is 0.509. The molecule has 3 rings (SSSR count). The van der Waals surface area contributed by atoms with Crippen LogP contribution in [0.5, 0.6) is 0 Å². The summed E-state index contributed by atoms with van der Waals surface area (Å²) in [5, 5.41) is 8.97. The molecule has 0 aliphatic heterocycles. The van der Waals surface area contributed by atoms with Gasteiger partial charge in [0.15, 0.2) is 0 Å². The number of pyridine rings is 1. The highest BCUT2D eigenvalue weighted by Crippen LogP contribution is 2.24. The van der Waals surface area contributed by atoms with Crippen molar-refractivity contribution in [2.45, 2.75) is 13.0 Å². The van der Waals surface area contributed by atoms with Gasteiger partial charge in [-0.05, 0) is 45.5 Å². The highest BCUT2D eigenvalue weighted by Gasteiger charge is 2.05. The zero-order valence-electron chi connectivity index (χ0n) is 11.3. The van der Waals surface area contributed by atoms with E-state index in [0.29, 0.717) is 13.0 Å². The van der Waals surface area contributed by atoms with E-state index in [-0.39, 0.29) is 5.91 Å². The van der Waals surface area contributed by atoms with E-state index in [4.69, 9.17) is 0 Å². The third kappa shape index (κ3) is 3.77. The second-order valence-corrected chi connectivity index (χ2v) is 6.37. The summed E-state index contributed by atoms with van der Waals surface area (Å²) < 4.78 is 0. The first kappa shape index (κ1) is 14.0. The third-order valence-electron chi connectivity index (χ3n) is 3.04. The maximum atomic E-state index is 11.9. The molecule has 3 aromatic rings. The van der Waals surface area contributed by atoms with Crippen LogP contribution in [0, 0.1) is 0 Å². The first-order valence-corrected chi connectivity index (χ1v) is 8.39. The Balaban J connectivity index is 1.60. The molecule has 0 atom stereocenters. The Morgan fingerprint density at radius 2 is 2.14 bits per heavy atom. The lowest BCUT2D eigenvalue weighted by molar-refractivity contribution is -0.120. The van der Waals surface area contributed by atoms with Crippen molar-refractivity contribution < 1.29 is 4.79 Å². The quantitative estimate of drug-likeness (QED) is 0.779. The number of hydrogen-bond donors (Lipinski definition) is 1. The molecule has 21 heavy (non-hydrogen) atoms. The molecule has 1 N–H and O–H groups in total. The molecule has 0 radical (unpaired) electrons. The van der Waals surface area contributed by atoms with Crippen LogP contribution >= 0.6 is 22.7 Å². The fraction of sp³-hybridized carbons (Fsp3) is 0.125. The molecular formula is C16H14N2OS2. The van der Waals surface area contributed by atoms with Crippen molar-refractivity contribution >= 4 is 28.6 Å². The van der Waals surface area contributed by atoms with Gasteiger partial charge in [0, 0.05) is 29.4 Å². The molecule has 0 saturated heterocycles. The number of nitrogens with zero attached hydrogens (tertiary/aromatic N) is 1. The van der Waals surface area contributed by atoms with Gasteiger partial charge >= 0.3 is 0 Å². The van der Waals surface area contributed by atoms with Crippen molar-refractivity contribution in [3.05, 3.63) is 63.9 Å². The molecule has 5 heteroatoms. The van der Waals surface area contributed by atoms with Crippen molar-refractivity contribution in [2.24, 2.45) is 0 Å². The summed E-state index contributed by atoms with van der Waals surface area (Å²) in [5.74, 6) is 0.0370. The highest BCUT2D eigenvalue weighted by molar-refractivity contribution is 7.13. The van der Waals surface area contributed by atoms with Gasteiger partial charge in [-0.15, -0.1) is 11.3 Å². The number of amides is 1. The fourth-order valence-electron chi connectivity index (χ4n) is 2.00. The van der Waals surface area contributed by atoms with Gasteiger partial charge in [-0.2, -0.15) is 11.3 Å². The van der Waals surface area contributed by atoms with Gasteiger partial charge in [0.2, 0.25) is 5.91 Å². The van der Waals surface area contributed by atoms with Crippen LogP contribution in [-0.2, 0) is 17.8 Å². The van der Waals surface area contributed by atoms with Crippen LogP contribution in [-0.4, -0.2) is 10.9 Å². The Hall–Kier alpha value is -1.98. The normalized spacial score (nSPS) is 10.5. The van der Waals surface area contributed by atoms with E-state index < -0.39 is 0 Å². The standard InChI is InChI=1S/C16H14N2OS2/c19-16(7-12-3-5-20-11-12)18-9-13-6-14(10-17-8-13)15-2-1-4-21-15/h1-6,8,10-11H,7,9H2,(H,18,19).